The minimum atomic E-state index is 0.392. The van der Waals surface area contributed by atoms with Gasteiger partial charge in [0.25, 0.3) is 0 Å². The van der Waals surface area contributed by atoms with E-state index in [0.717, 1.165) is 44.2 Å². The number of nitrogens with zero attached hydrogens (tertiary/aromatic N) is 2. The summed E-state index contributed by atoms with van der Waals surface area (Å²) in [6.07, 6.45) is 1.11. The van der Waals surface area contributed by atoms with Crippen LogP contribution in [0.25, 0.3) is 0 Å². The van der Waals surface area contributed by atoms with Crippen molar-refractivity contribution in [3.8, 4) is 0 Å². The lowest BCUT2D eigenvalue weighted by atomic mass is 10.1. The Morgan fingerprint density at radius 3 is 2.65 bits per heavy atom. The molecule has 0 radical (unpaired) electrons. The van der Waals surface area contributed by atoms with Crippen molar-refractivity contribution in [1.29, 1.82) is 0 Å². The summed E-state index contributed by atoms with van der Waals surface area (Å²) >= 11 is 0. The zero-order valence-corrected chi connectivity index (χ0v) is 18.8. The van der Waals surface area contributed by atoms with Crippen LogP contribution in [0.5, 0.6) is 0 Å². The first-order valence-electron chi connectivity index (χ1n) is 11.4. The molecule has 0 aliphatic carbocycles. The van der Waals surface area contributed by atoms with Crippen LogP contribution in [0.15, 0.2) is 59.6 Å². The summed E-state index contributed by atoms with van der Waals surface area (Å²) in [7, 11) is 0. The Balaban J connectivity index is 1.51. The van der Waals surface area contributed by atoms with E-state index in [1.54, 1.807) is 0 Å². The topological polar surface area (TPSA) is 58.1 Å². The molecule has 2 aromatic carbocycles. The summed E-state index contributed by atoms with van der Waals surface area (Å²) in [5, 5.41) is 7.00. The van der Waals surface area contributed by atoms with Gasteiger partial charge in [0.2, 0.25) is 0 Å². The van der Waals surface area contributed by atoms with Crippen molar-refractivity contribution in [2.24, 2.45) is 4.99 Å². The first kappa shape index (κ1) is 23.1. The lowest BCUT2D eigenvalue weighted by molar-refractivity contribution is 0.0453. The van der Waals surface area contributed by atoms with Gasteiger partial charge in [0.1, 0.15) is 0 Å². The molecule has 1 unspecified atom stereocenters. The van der Waals surface area contributed by atoms with Gasteiger partial charge >= 0.3 is 0 Å². The average Bonchev–Trinajstić information content (AvgIpc) is 3.27. The minimum Gasteiger partial charge on any atom is -0.379 e. The van der Waals surface area contributed by atoms with Crippen molar-refractivity contribution < 1.29 is 9.47 Å². The lowest BCUT2D eigenvalue weighted by Crippen LogP contribution is -2.44. The second kappa shape index (κ2) is 13.0. The normalized spacial score (nSPS) is 16.5. The highest BCUT2D eigenvalue weighted by molar-refractivity contribution is 5.80. The van der Waals surface area contributed by atoms with Crippen LogP contribution in [-0.2, 0) is 22.6 Å². The van der Waals surface area contributed by atoms with Gasteiger partial charge in [-0.05, 0) is 43.5 Å². The number of hydrogen-bond acceptors (Lipinski definition) is 4. The fourth-order valence-electron chi connectivity index (χ4n) is 3.71. The molecule has 1 aliphatic rings. The van der Waals surface area contributed by atoms with Gasteiger partial charge in [0, 0.05) is 38.0 Å². The summed E-state index contributed by atoms with van der Waals surface area (Å²) in [6, 6.07) is 19.4. The van der Waals surface area contributed by atoms with Crippen molar-refractivity contribution in [2.45, 2.75) is 39.5 Å². The number of ether oxygens (including phenoxy) is 2. The molecule has 168 valence electrons. The monoisotopic (exact) mass is 424 g/mol. The van der Waals surface area contributed by atoms with E-state index in [9.17, 15) is 0 Å². The van der Waals surface area contributed by atoms with Crippen molar-refractivity contribution in [3.63, 3.8) is 0 Å². The van der Waals surface area contributed by atoms with Gasteiger partial charge in [0.15, 0.2) is 5.96 Å². The van der Waals surface area contributed by atoms with Crippen molar-refractivity contribution in [2.75, 3.05) is 44.4 Å². The average molecular weight is 425 g/mol. The second-order valence-corrected chi connectivity index (χ2v) is 7.68. The van der Waals surface area contributed by atoms with E-state index < -0.39 is 0 Å². The summed E-state index contributed by atoms with van der Waals surface area (Å²) in [4.78, 5) is 7.25. The van der Waals surface area contributed by atoms with Crippen molar-refractivity contribution >= 4 is 11.6 Å². The first-order valence-corrected chi connectivity index (χ1v) is 11.4. The third kappa shape index (κ3) is 7.89. The molecule has 0 aromatic heterocycles. The third-order valence-corrected chi connectivity index (χ3v) is 5.25. The highest BCUT2D eigenvalue weighted by Crippen LogP contribution is 2.19. The standard InChI is InChI=1S/C25H36N4O2/c1-3-26-25(28-23-13-14-29(19-23)24-11-6-5-7-12-24)27-18-21-9-8-10-22(17-21)20-31-16-15-30-4-2/h5-12,17,23H,3-4,13-16,18-20H2,1-2H3,(H2,26,27,28). The molecule has 0 saturated carbocycles. The van der Waals surface area contributed by atoms with E-state index in [1.807, 2.05) is 6.92 Å². The summed E-state index contributed by atoms with van der Waals surface area (Å²) in [5.74, 6) is 0.876. The molecule has 31 heavy (non-hydrogen) atoms. The molecule has 0 amide bonds. The molecule has 6 nitrogen and oxygen atoms in total. The van der Waals surface area contributed by atoms with Crippen molar-refractivity contribution in [3.05, 3.63) is 65.7 Å². The maximum atomic E-state index is 5.69. The van der Waals surface area contributed by atoms with Gasteiger partial charge in [-0.25, -0.2) is 4.99 Å². The summed E-state index contributed by atoms with van der Waals surface area (Å²) < 4.78 is 11.0. The number of aliphatic imine (C=N–C) groups is 1. The van der Waals surface area contributed by atoms with E-state index in [1.165, 1.54) is 11.3 Å². The fourth-order valence-corrected chi connectivity index (χ4v) is 3.71. The van der Waals surface area contributed by atoms with Gasteiger partial charge in [0.05, 0.1) is 26.4 Å². The number of hydrogen-bond donors (Lipinski definition) is 2. The molecule has 0 bridgehead atoms. The smallest absolute Gasteiger partial charge is 0.191 e. The number of rotatable bonds is 11. The van der Waals surface area contributed by atoms with Crippen LogP contribution in [0.3, 0.4) is 0 Å². The van der Waals surface area contributed by atoms with Gasteiger partial charge in [-0.1, -0.05) is 42.5 Å². The highest BCUT2D eigenvalue weighted by Gasteiger charge is 2.23. The maximum absolute atomic E-state index is 5.69. The third-order valence-electron chi connectivity index (χ3n) is 5.25. The molecule has 6 heteroatoms. The molecule has 1 aliphatic heterocycles. The maximum Gasteiger partial charge on any atom is 0.191 e. The molecule has 2 aromatic rings. The van der Waals surface area contributed by atoms with Crippen molar-refractivity contribution in [1.82, 2.24) is 10.6 Å². The van der Waals surface area contributed by atoms with Crippen LogP contribution < -0.4 is 15.5 Å². The zero-order valence-electron chi connectivity index (χ0n) is 18.8. The zero-order chi connectivity index (χ0) is 21.7. The van der Waals surface area contributed by atoms with Gasteiger partial charge in [-0.2, -0.15) is 0 Å². The molecular weight excluding hydrogens is 388 g/mol. The molecule has 1 atom stereocenters. The number of para-hydroxylation sites is 1. The van der Waals surface area contributed by atoms with Crippen LogP contribution in [0.1, 0.15) is 31.4 Å². The van der Waals surface area contributed by atoms with Crippen LogP contribution >= 0.6 is 0 Å². The van der Waals surface area contributed by atoms with Gasteiger partial charge in [-0.15, -0.1) is 0 Å². The SMILES string of the molecule is CCNC(=NCc1cccc(COCCOCC)c1)NC1CCN(c2ccccc2)C1. The predicted octanol–water partition coefficient (Wildman–Crippen LogP) is 3.57. The van der Waals surface area contributed by atoms with Gasteiger partial charge in [-0.3, -0.25) is 0 Å². The Hall–Kier alpha value is -2.57. The molecule has 3 rings (SSSR count). The molecule has 1 heterocycles. The Kier molecular flexibility index (Phi) is 9.67. The number of nitrogens with one attached hydrogen (secondary N) is 2. The van der Waals surface area contributed by atoms with Crippen LogP contribution in [-0.4, -0.2) is 51.5 Å². The van der Waals surface area contributed by atoms with E-state index in [0.29, 0.717) is 32.4 Å². The highest BCUT2D eigenvalue weighted by atomic mass is 16.5. The molecule has 1 fully saturated rings. The molecule has 1 saturated heterocycles. The van der Waals surface area contributed by atoms with Gasteiger partial charge < -0.3 is 25.0 Å². The van der Waals surface area contributed by atoms with Crippen LogP contribution in [0.2, 0.25) is 0 Å². The second-order valence-electron chi connectivity index (χ2n) is 7.68. The lowest BCUT2D eigenvalue weighted by Gasteiger charge is -2.20. The van der Waals surface area contributed by atoms with E-state index in [-0.39, 0.29) is 0 Å². The molecule has 2 N–H and O–H groups in total. The summed E-state index contributed by atoms with van der Waals surface area (Å²) in [6.45, 7) is 10.2. The number of guanidine groups is 1. The quantitative estimate of drug-likeness (QED) is 0.328. The Bertz CT molecular complexity index is 797. The van der Waals surface area contributed by atoms with E-state index in [2.05, 4.69) is 77.1 Å². The minimum absolute atomic E-state index is 0.392. The Labute approximate surface area is 186 Å². The largest absolute Gasteiger partial charge is 0.379 e. The van der Waals surface area contributed by atoms with E-state index in [4.69, 9.17) is 14.5 Å². The molecule has 0 spiro atoms. The summed E-state index contributed by atoms with van der Waals surface area (Å²) in [5.41, 5.74) is 3.63. The van der Waals surface area contributed by atoms with Crippen LogP contribution in [0.4, 0.5) is 5.69 Å². The number of benzene rings is 2. The predicted molar refractivity (Wildman–Crippen MR) is 128 cm³/mol. The number of anilines is 1. The molecular formula is C25H36N4O2. The van der Waals surface area contributed by atoms with Crippen LogP contribution in [0, 0.1) is 0 Å². The fraction of sp³-hybridized carbons (Fsp3) is 0.480. The Morgan fingerprint density at radius 2 is 1.84 bits per heavy atom. The Morgan fingerprint density at radius 1 is 1.03 bits per heavy atom. The van der Waals surface area contributed by atoms with E-state index >= 15 is 0 Å². The first-order chi connectivity index (χ1) is 15.3.